The fraction of sp³-hybridized carbons (Fsp3) is 0.455. The molecule has 0 saturated carbocycles. The van der Waals surface area contributed by atoms with Gasteiger partial charge >= 0.3 is 12.2 Å². The number of aromatic nitrogens is 1. The average molecular weight is 275 g/mol. The Morgan fingerprint density at radius 2 is 2.26 bits per heavy atom. The number of β-amino-alcohol motifs (C(OH)–C–C–N with tert-alkyl or cyclic N) is 1. The lowest BCUT2D eigenvalue weighted by atomic mass is 10.0. The van der Waals surface area contributed by atoms with Crippen LogP contribution in [0.2, 0.25) is 0 Å². The van der Waals surface area contributed by atoms with Crippen LogP contribution in [0.5, 0.6) is 0 Å². The van der Waals surface area contributed by atoms with Gasteiger partial charge in [-0.15, -0.1) is 0 Å². The van der Waals surface area contributed by atoms with Gasteiger partial charge in [0.05, 0.1) is 18.4 Å². The highest BCUT2D eigenvalue weighted by molar-refractivity contribution is 5.89. The molecule has 1 unspecified atom stereocenters. The highest BCUT2D eigenvalue weighted by Gasteiger charge is 2.57. The smallest absolute Gasteiger partial charge is 0.379 e. The average Bonchev–Trinajstić information content (AvgIpc) is 2.74. The van der Waals surface area contributed by atoms with Gasteiger partial charge in [-0.05, 0) is 12.1 Å². The van der Waals surface area contributed by atoms with Crippen molar-refractivity contribution < 1.29 is 23.1 Å². The minimum atomic E-state index is -4.74. The Hall–Kier alpha value is -1.83. The highest BCUT2D eigenvalue weighted by atomic mass is 19.4. The van der Waals surface area contributed by atoms with Gasteiger partial charge in [0.25, 0.3) is 0 Å². The molecule has 0 aliphatic carbocycles. The summed E-state index contributed by atoms with van der Waals surface area (Å²) in [6.45, 7) is -0.912. The quantitative estimate of drug-likeness (QED) is 0.818. The maximum absolute atomic E-state index is 12.6. The first-order chi connectivity index (χ1) is 8.82. The summed E-state index contributed by atoms with van der Waals surface area (Å²) >= 11 is 0. The van der Waals surface area contributed by atoms with Crippen molar-refractivity contribution in [1.82, 2.24) is 9.88 Å². The number of hydrogen-bond acceptors (Lipinski definition) is 3. The summed E-state index contributed by atoms with van der Waals surface area (Å²) in [7, 11) is 0. The molecule has 0 bridgehead atoms. The predicted octanol–water partition coefficient (Wildman–Crippen LogP) is 1.61. The third kappa shape index (κ3) is 2.78. The molecule has 0 aromatic carbocycles. The monoisotopic (exact) mass is 275 g/mol. The van der Waals surface area contributed by atoms with Crippen LogP contribution < -0.4 is 5.32 Å². The van der Waals surface area contributed by atoms with E-state index in [0.717, 1.165) is 4.90 Å². The van der Waals surface area contributed by atoms with Crippen molar-refractivity contribution in [3.05, 3.63) is 24.5 Å². The zero-order chi connectivity index (χ0) is 14.1. The number of hydrogen-bond donors (Lipinski definition) is 2. The van der Waals surface area contributed by atoms with Gasteiger partial charge in [0.15, 0.2) is 5.60 Å². The van der Waals surface area contributed by atoms with Crippen LogP contribution >= 0.6 is 0 Å². The summed E-state index contributed by atoms with van der Waals surface area (Å²) in [5, 5.41) is 11.9. The lowest BCUT2D eigenvalue weighted by molar-refractivity contribution is -0.253. The molecule has 0 spiro atoms. The van der Waals surface area contributed by atoms with Crippen molar-refractivity contribution in [2.45, 2.75) is 18.2 Å². The Morgan fingerprint density at radius 3 is 2.79 bits per heavy atom. The number of urea groups is 1. The largest absolute Gasteiger partial charge is 0.419 e. The van der Waals surface area contributed by atoms with Gasteiger partial charge in [0, 0.05) is 19.2 Å². The Bertz CT molecular complexity index is 466. The lowest BCUT2D eigenvalue weighted by Crippen LogP contribution is -2.48. The van der Waals surface area contributed by atoms with Crippen molar-refractivity contribution in [1.29, 1.82) is 0 Å². The van der Waals surface area contributed by atoms with E-state index in [0.29, 0.717) is 5.69 Å². The van der Waals surface area contributed by atoms with Crippen LogP contribution in [0, 0.1) is 0 Å². The Morgan fingerprint density at radius 1 is 1.53 bits per heavy atom. The first kappa shape index (κ1) is 13.6. The van der Waals surface area contributed by atoms with Gasteiger partial charge < -0.3 is 15.3 Å². The number of carbonyl (C=O) groups excluding carboxylic acids is 1. The minimum Gasteiger partial charge on any atom is -0.379 e. The van der Waals surface area contributed by atoms with Crippen LogP contribution in [0.1, 0.15) is 6.42 Å². The maximum Gasteiger partial charge on any atom is 0.419 e. The molecule has 2 heterocycles. The van der Waals surface area contributed by atoms with Crippen molar-refractivity contribution in [2.24, 2.45) is 0 Å². The molecular formula is C11H12F3N3O2. The normalized spacial score (nSPS) is 23.5. The summed E-state index contributed by atoms with van der Waals surface area (Å²) in [5.74, 6) is 0. The fourth-order valence-electron chi connectivity index (χ4n) is 1.84. The maximum atomic E-state index is 12.6. The standard InChI is InChI=1S/C11H12F3N3O2/c12-11(13,14)10(19)3-5-17(7-10)9(18)16-8-2-1-4-15-6-8/h1-2,4,6,19H,3,5,7H2,(H,16,18). The Balaban J connectivity index is 2.00. The van der Waals surface area contributed by atoms with Crippen LogP contribution in [0.15, 0.2) is 24.5 Å². The van der Waals surface area contributed by atoms with E-state index < -0.39 is 30.8 Å². The number of likely N-dealkylation sites (tertiary alicyclic amines) is 1. The zero-order valence-electron chi connectivity index (χ0n) is 9.81. The minimum absolute atomic E-state index is 0.151. The number of carbonyl (C=O) groups is 1. The second-order valence-electron chi connectivity index (χ2n) is 4.37. The Labute approximate surface area is 107 Å². The molecule has 2 amide bonds. The summed E-state index contributed by atoms with van der Waals surface area (Å²) in [5.41, 5.74) is -2.44. The second-order valence-corrected chi connectivity index (χ2v) is 4.37. The fourth-order valence-corrected chi connectivity index (χ4v) is 1.84. The van der Waals surface area contributed by atoms with Gasteiger partial charge in [-0.2, -0.15) is 13.2 Å². The number of amides is 2. The summed E-state index contributed by atoms with van der Waals surface area (Å²) in [4.78, 5) is 16.4. The van der Waals surface area contributed by atoms with Gasteiger partial charge in [-0.25, -0.2) is 4.79 Å². The van der Waals surface area contributed by atoms with Crippen molar-refractivity contribution >= 4 is 11.7 Å². The van der Waals surface area contributed by atoms with Crippen molar-refractivity contribution in [3.63, 3.8) is 0 Å². The molecule has 1 aromatic heterocycles. The van der Waals surface area contributed by atoms with Crippen LogP contribution in [-0.2, 0) is 0 Å². The van der Waals surface area contributed by atoms with E-state index >= 15 is 0 Å². The van der Waals surface area contributed by atoms with Gasteiger partial charge in [-0.1, -0.05) is 0 Å². The van der Waals surface area contributed by atoms with Crippen LogP contribution in [0.4, 0.5) is 23.7 Å². The SMILES string of the molecule is O=C(Nc1cccnc1)N1CCC(O)(C(F)(F)F)C1. The van der Waals surface area contributed by atoms with Crippen molar-refractivity contribution in [3.8, 4) is 0 Å². The van der Waals surface area contributed by atoms with E-state index in [1.165, 1.54) is 12.4 Å². The number of halogens is 3. The molecule has 19 heavy (non-hydrogen) atoms. The number of nitrogens with one attached hydrogen (secondary N) is 1. The number of alkyl halides is 3. The molecular weight excluding hydrogens is 263 g/mol. The lowest BCUT2D eigenvalue weighted by Gasteiger charge is -2.25. The number of aliphatic hydroxyl groups is 1. The second kappa shape index (κ2) is 4.69. The third-order valence-electron chi connectivity index (χ3n) is 2.98. The van der Waals surface area contributed by atoms with Crippen LogP contribution in [0.25, 0.3) is 0 Å². The molecule has 104 valence electrons. The van der Waals surface area contributed by atoms with Crippen LogP contribution in [-0.4, -0.2) is 45.9 Å². The molecule has 5 nitrogen and oxygen atoms in total. The molecule has 1 aliphatic heterocycles. The van der Waals surface area contributed by atoms with E-state index in [9.17, 15) is 23.1 Å². The van der Waals surface area contributed by atoms with E-state index in [4.69, 9.17) is 0 Å². The summed E-state index contributed by atoms with van der Waals surface area (Å²) in [6.07, 6.45) is -2.37. The van der Waals surface area contributed by atoms with E-state index in [1.807, 2.05) is 0 Å². The number of anilines is 1. The highest BCUT2D eigenvalue weighted by Crippen LogP contribution is 2.37. The van der Waals surface area contributed by atoms with E-state index in [2.05, 4.69) is 10.3 Å². The van der Waals surface area contributed by atoms with Gasteiger partial charge in [0.2, 0.25) is 0 Å². The summed E-state index contributed by atoms with van der Waals surface area (Å²) in [6, 6.07) is 2.47. The molecule has 8 heteroatoms. The molecule has 1 aromatic rings. The van der Waals surface area contributed by atoms with Crippen molar-refractivity contribution in [2.75, 3.05) is 18.4 Å². The predicted molar refractivity (Wildman–Crippen MR) is 60.5 cm³/mol. The topological polar surface area (TPSA) is 65.5 Å². The number of rotatable bonds is 1. The summed E-state index contributed by atoms with van der Waals surface area (Å²) < 4.78 is 37.8. The first-order valence-corrected chi connectivity index (χ1v) is 5.57. The van der Waals surface area contributed by atoms with E-state index in [1.54, 1.807) is 12.1 Å². The zero-order valence-corrected chi connectivity index (χ0v) is 9.81. The first-order valence-electron chi connectivity index (χ1n) is 5.57. The molecule has 0 radical (unpaired) electrons. The van der Waals surface area contributed by atoms with Crippen LogP contribution in [0.3, 0.4) is 0 Å². The molecule has 1 fully saturated rings. The molecule has 2 N–H and O–H groups in total. The molecule has 1 atom stereocenters. The molecule has 2 rings (SSSR count). The number of nitrogens with zero attached hydrogens (tertiary/aromatic N) is 2. The Kier molecular flexibility index (Phi) is 3.36. The number of pyridine rings is 1. The van der Waals surface area contributed by atoms with Gasteiger partial charge in [0.1, 0.15) is 0 Å². The molecule has 1 saturated heterocycles. The third-order valence-corrected chi connectivity index (χ3v) is 2.98. The van der Waals surface area contributed by atoms with E-state index in [-0.39, 0.29) is 6.54 Å². The molecule has 1 aliphatic rings. The van der Waals surface area contributed by atoms with Gasteiger partial charge in [-0.3, -0.25) is 4.98 Å².